The predicted molar refractivity (Wildman–Crippen MR) is 95.5 cm³/mol. The number of rotatable bonds is 5. The molecule has 1 aliphatic heterocycles. The summed E-state index contributed by atoms with van der Waals surface area (Å²) < 4.78 is 10.5. The minimum absolute atomic E-state index is 0.109. The van der Waals surface area contributed by atoms with Gasteiger partial charge in [-0.25, -0.2) is 0 Å². The number of hydrogen-bond acceptors (Lipinski definition) is 4. The summed E-state index contributed by atoms with van der Waals surface area (Å²) in [7, 11) is 3.02. The van der Waals surface area contributed by atoms with Crippen LogP contribution in [0.4, 0.5) is 11.4 Å². The molecule has 3 rings (SSSR count). The lowest BCUT2D eigenvalue weighted by Gasteiger charge is -2.17. The number of carbonyl (C=O) groups is 2. The van der Waals surface area contributed by atoms with Crippen LogP contribution in [0.25, 0.3) is 0 Å². The van der Waals surface area contributed by atoms with Gasteiger partial charge in [-0.1, -0.05) is 12.1 Å². The Morgan fingerprint density at radius 2 is 1.92 bits per heavy atom. The summed E-state index contributed by atoms with van der Waals surface area (Å²) in [6.45, 7) is 0.708. The molecule has 0 aromatic heterocycles. The third-order valence-electron chi connectivity index (χ3n) is 4.14. The monoisotopic (exact) mass is 340 g/mol. The quantitative estimate of drug-likeness (QED) is 0.908. The van der Waals surface area contributed by atoms with Gasteiger partial charge in [-0.15, -0.1) is 0 Å². The van der Waals surface area contributed by atoms with E-state index in [0.717, 1.165) is 12.1 Å². The Kier molecular flexibility index (Phi) is 4.88. The van der Waals surface area contributed by atoms with Gasteiger partial charge in [0.2, 0.25) is 5.91 Å². The van der Waals surface area contributed by atoms with Crippen molar-refractivity contribution in [2.24, 2.45) is 0 Å². The summed E-state index contributed by atoms with van der Waals surface area (Å²) in [6.07, 6.45) is 1.42. The lowest BCUT2D eigenvalue weighted by molar-refractivity contribution is -0.117. The average Bonchev–Trinajstić information content (AvgIpc) is 3.07. The molecule has 1 heterocycles. The minimum atomic E-state index is -0.305. The molecule has 0 aliphatic carbocycles. The highest BCUT2D eigenvalue weighted by atomic mass is 16.5. The molecule has 2 amide bonds. The molecule has 0 radical (unpaired) electrons. The molecule has 0 bridgehead atoms. The molecule has 0 atom stereocenters. The van der Waals surface area contributed by atoms with E-state index >= 15 is 0 Å². The number of nitrogens with one attached hydrogen (secondary N) is 1. The van der Waals surface area contributed by atoms with Gasteiger partial charge in [0.25, 0.3) is 5.91 Å². The SMILES string of the molecule is COc1cccc(C(=O)Nc2cccc(N3CCCC3=O)c2)c1OC. The number of hydrogen-bond donors (Lipinski definition) is 1. The number of benzene rings is 2. The Hall–Kier alpha value is -3.02. The first-order chi connectivity index (χ1) is 12.1. The van der Waals surface area contributed by atoms with Crippen LogP contribution in [-0.2, 0) is 4.79 Å². The normalized spacial score (nSPS) is 13.7. The zero-order chi connectivity index (χ0) is 17.8. The summed E-state index contributed by atoms with van der Waals surface area (Å²) in [5, 5.41) is 2.85. The fourth-order valence-corrected chi connectivity index (χ4v) is 2.94. The van der Waals surface area contributed by atoms with Crippen molar-refractivity contribution in [3.05, 3.63) is 48.0 Å². The average molecular weight is 340 g/mol. The van der Waals surface area contributed by atoms with Crippen molar-refractivity contribution in [3.8, 4) is 11.5 Å². The molecule has 1 fully saturated rings. The molecule has 6 nitrogen and oxygen atoms in total. The van der Waals surface area contributed by atoms with E-state index in [0.29, 0.717) is 35.7 Å². The van der Waals surface area contributed by atoms with Crippen molar-refractivity contribution in [2.45, 2.75) is 12.8 Å². The van der Waals surface area contributed by atoms with Crippen molar-refractivity contribution in [1.29, 1.82) is 0 Å². The maximum absolute atomic E-state index is 12.6. The van der Waals surface area contributed by atoms with Crippen LogP contribution in [0.2, 0.25) is 0 Å². The molecule has 2 aromatic rings. The molecule has 0 spiro atoms. The Bertz CT molecular complexity index is 804. The Labute approximate surface area is 146 Å². The Morgan fingerprint density at radius 3 is 2.60 bits per heavy atom. The summed E-state index contributed by atoms with van der Waals surface area (Å²) in [5.74, 6) is 0.679. The maximum atomic E-state index is 12.6. The van der Waals surface area contributed by atoms with Gasteiger partial charge in [-0.2, -0.15) is 0 Å². The van der Waals surface area contributed by atoms with E-state index in [4.69, 9.17) is 9.47 Å². The highest BCUT2D eigenvalue weighted by molar-refractivity contribution is 6.07. The number of carbonyl (C=O) groups excluding carboxylic acids is 2. The van der Waals surface area contributed by atoms with Crippen LogP contribution in [0, 0.1) is 0 Å². The third-order valence-corrected chi connectivity index (χ3v) is 4.14. The highest BCUT2D eigenvalue weighted by Crippen LogP contribution is 2.31. The van der Waals surface area contributed by atoms with Gasteiger partial charge < -0.3 is 19.7 Å². The van der Waals surface area contributed by atoms with Gasteiger partial charge in [-0.3, -0.25) is 9.59 Å². The largest absolute Gasteiger partial charge is 0.493 e. The van der Waals surface area contributed by atoms with E-state index in [2.05, 4.69) is 5.32 Å². The van der Waals surface area contributed by atoms with E-state index in [1.165, 1.54) is 14.2 Å². The zero-order valence-corrected chi connectivity index (χ0v) is 14.2. The first kappa shape index (κ1) is 16.8. The van der Waals surface area contributed by atoms with Crippen molar-refractivity contribution in [2.75, 3.05) is 31.0 Å². The van der Waals surface area contributed by atoms with Crippen LogP contribution in [0.3, 0.4) is 0 Å². The molecular formula is C19H20N2O4. The number of ether oxygens (including phenoxy) is 2. The van der Waals surface area contributed by atoms with E-state index in [1.54, 1.807) is 35.2 Å². The minimum Gasteiger partial charge on any atom is -0.493 e. The van der Waals surface area contributed by atoms with Gasteiger partial charge >= 0.3 is 0 Å². The summed E-state index contributed by atoms with van der Waals surface area (Å²) in [6, 6.07) is 12.4. The standard InChI is InChI=1S/C19H20N2O4/c1-24-16-9-4-8-15(18(16)25-2)19(23)20-13-6-3-7-14(12-13)21-11-5-10-17(21)22/h3-4,6-9,12H,5,10-11H2,1-2H3,(H,20,23). The number of para-hydroxylation sites is 1. The predicted octanol–water partition coefficient (Wildman–Crippen LogP) is 3.08. The molecule has 2 aromatic carbocycles. The van der Waals surface area contributed by atoms with Crippen molar-refractivity contribution >= 4 is 23.2 Å². The third kappa shape index (κ3) is 3.42. The van der Waals surface area contributed by atoms with Crippen molar-refractivity contribution in [1.82, 2.24) is 0 Å². The molecule has 25 heavy (non-hydrogen) atoms. The van der Waals surface area contributed by atoms with E-state index in [-0.39, 0.29) is 11.8 Å². The molecule has 1 aliphatic rings. The maximum Gasteiger partial charge on any atom is 0.259 e. The van der Waals surface area contributed by atoms with E-state index in [9.17, 15) is 9.59 Å². The topological polar surface area (TPSA) is 67.9 Å². The van der Waals surface area contributed by atoms with Crippen LogP contribution >= 0.6 is 0 Å². The fraction of sp³-hybridized carbons (Fsp3) is 0.263. The van der Waals surface area contributed by atoms with Crippen LogP contribution in [0.15, 0.2) is 42.5 Å². The number of anilines is 2. The summed E-state index contributed by atoms with van der Waals surface area (Å²) in [5.41, 5.74) is 1.79. The number of amides is 2. The smallest absolute Gasteiger partial charge is 0.259 e. The van der Waals surface area contributed by atoms with E-state index in [1.807, 2.05) is 12.1 Å². The molecule has 0 saturated carbocycles. The van der Waals surface area contributed by atoms with Crippen LogP contribution in [0.5, 0.6) is 11.5 Å². The van der Waals surface area contributed by atoms with E-state index < -0.39 is 0 Å². The number of methoxy groups -OCH3 is 2. The van der Waals surface area contributed by atoms with Crippen molar-refractivity contribution in [3.63, 3.8) is 0 Å². The lowest BCUT2D eigenvalue weighted by Crippen LogP contribution is -2.23. The second kappa shape index (κ2) is 7.25. The van der Waals surface area contributed by atoms with Gasteiger partial charge in [0.1, 0.15) is 0 Å². The first-order valence-corrected chi connectivity index (χ1v) is 8.07. The fourth-order valence-electron chi connectivity index (χ4n) is 2.94. The van der Waals surface area contributed by atoms with Gasteiger partial charge in [-0.05, 0) is 36.8 Å². The van der Waals surface area contributed by atoms with Crippen LogP contribution < -0.4 is 19.7 Å². The van der Waals surface area contributed by atoms with Crippen LogP contribution in [-0.4, -0.2) is 32.6 Å². The Morgan fingerprint density at radius 1 is 1.12 bits per heavy atom. The lowest BCUT2D eigenvalue weighted by atomic mass is 10.1. The first-order valence-electron chi connectivity index (χ1n) is 8.07. The molecule has 1 saturated heterocycles. The van der Waals surface area contributed by atoms with Crippen LogP contribution in [0.1, 0.15) is 23.2 Å². The zero-order valence-electron chi connectivity index (χ0n) is 14.2. The van der Waals surface area contributed by atoms with Gasteiger partial charge in [0.15, 0.2) is 11.5 Å². The number of nitrogens with zero attached hydrogens (tertiary/aromatic N) is 1. The van der Waals surface area contributed by atoms with Crippen molar-refractivity contribution < 1.29 is 19.1 Å². The second-order valence-electron chi connectivity index (χ2n) is 5.69. The summed E-state index contributed by atoms with van der Waals surface area (Å²) in [4.78, 5) is 26.3. The second-order valence-corrected chi connectivity index (χ2v) is 5.69. The van der Waals surface area contributed by atoms with Gasteiger partial charge in [0.05, 0.1) is 19.8 Å². The molecule has 130 valence electrons. The van der Waals surface area contributed by atoms with Gasteiger partial charge in [0, 0.05) is 24.3 Å². The molecular weight excluding hydrogens is 320 g/mol. The highest BCUT2D eigenvalue weighted by Gasteiger charge is 2.22. The summed E-state index contributed by atoms with van der Waals surface area (Å²) >= 11 is 0. The molecule has 6 heteroatoms. The molecule has 1 N–H and O–H groups in total. The molecule has 0 unspecified atom stereocenters. The Balaban J connectivity index is 1.83.